The number of hydrogen-bond acceptors (Lipinski definition) is 2. The zero-order chi connectivity index (χ0) is 14.8. The number of aliphatic hydroxyl groups excluding tert-OH is 1. The van der Waals surface area contributed by atoms with Crippen molar-refractivity contribution in [2.24, 2.45) is 11.8 Å². The molecular weight excluding hydrogens is 284 g/mol. The molecule has 1 atom stereocenters. The van der Waals surface area contributed by atoms with Crippen LogP contribution in [0.4, 0.5) is 0 Å². The Morgan fingerprint density at radius 3 is 2.76 bits per heavy atom. The normalized spacial score (nSPS) is 26.2. The van der Waals surface area contributed by atoms with Crippen LogP contribution in [-0.2, 0) is 12.8 Å². The molecule has 1 aliphatic heterocycles. The van der Waals surface area contributed by atoms with E-state index in [9.17, 15) is 5.11 Å². The monoisotopic (exact) mass is 308 g/mol. The maximum atomic E-state index is 10.6. The lowest BCUT2D eigenvalue weighted by atomic mass is 9.77. The quantitative estimate of drug-likeness (QED) is 0.893. The summed E-state index contributed by atoms with van der Waals surface area (Å²) in [4.78, 5) is 0. The first-order valence-corrected chi connectivity index (χ1v) is 8.67. The third-order valence-corrected chi connectivity index (χ3v) is 5.49. The van der Waals surface area contributed by atoms with Gasteiger partial charge in [-0.15, -0.1) is 0 Å². The van der Waals surface area contributed by atoms with Crippen molar-refractivity contribution in [1.82, 2.24) is 0 Å². The van der Waals surface area contributed by atoms with Gasteiger partial charge < -0.3 is 9.84 Å². The van der Waals surface area contributed by atoms with Crippen LogP contribution in [0.25, 0.3) is 0 Å². The van der Waals surface area contributed by atoms with Crippen molar-refractivity contribution in [1.29, 1.82) is 0 Å². The highest BCUT2D eigenvalue weighted by Crippen LogP contribution is 2.37. The number of benzene rings is 1. The number of aliphatic hydroxyl groups is 1. The zero-order valence-corrected chi connectivity index (χ0v) is 13.5. The van der Waals surface area contributed by atoms with Crippen LogP contribution in [0.3, 0.4) is 0 Å². The summed E-state index contributed by atoms with van der Waals surface area (Å²) < 4.78 is 5.74. The second-order valence-corrected chi connectivity index (χ2v) is 7.05. The van der Waals surface area contributed by atoms with Gasteiger partial charge in [0, 0.05) is 17.9 Å². The maximum absolute atomic E-state index is 10.6. The Morgan fingerprint density at radius 1 is 1.29 bits per heavy atom. The predicted molar refractivity (Wildman–Crippen MR) is 86.1 cm³/mol. The molecule has 1 N–H and O–H groups in total. The molecule has 0 aromatic heterocycles. The van der Waals surface area contributed by atoms with Crippen LogP contribution in [0.5, 0.6) is 5.75 Å². The lowest BCUT2D eigenvalue weighted by Gasteiger charge is -2.31. The molecule has 0 amide bonds. The molecule has 0 spiro atoms. The first-order chi connectivity index (χ1) is 10.2. The molecule has 21 heavy (non-hydrogen) atoms. The van der Waals surface area contributed by atoms with E-state index in [0.29, 0.717) is 12.3 Å². The van der Waals surface area contributed by atoms with Gasteiger partial charge in [0.1, 0.15) is 5.75 Å². The molecule has 1 heterocycles. The molecule has 1 aliphatic carbocycles. The molecule has 1 fully saturated rings. The standard InChI is InChI=1S/C18H25ClO2/c1-2-12-3-5-13(6-4-12)17(20)11-15-10-16(19)9-14-7-8-21-18(14)15/h9-10,12-13,17,20H,2-8,11H2,1H3. The topological polar surface area (TPSA) is 29.5 Å². The summed E-state index contributed by atoms with van der Waals surface area (Å²) >= 11 is 6.20. The van der Waals surface area contributed by atoms with Crippen LogP contribution in [0.15, 0.2) is 12.1 Å². The molecule has 116 valence electrons. The second-order valence-electron chi connectivity index (χ2n) is 6.61. The fourth-order valence-corrected chi connectivity index (χ4v) is 4.13. The van der Waals surface area contributed by atoms with Crippen LogP contribution < -0.4 is 4.74 Å². The first kappa shape index (κ1) is 15.2. The summed E-state index contributed by atoms with van der Waals surface area (Å²) in [6.07, 6.45) is 7.45. The summed E-state index contributed by atoms with van der Waals surface area (Å²) in [6.45, 7) is 3.01. The summed E-state index contributed by atoms with van der Waals surface area (Å²) in [5, 5.41) is 11.4. The summed E-state index contributed by atoms with van der Waals surface area (Å²) in [5.74, 6) is 2.27. The van der Waals surface area contributed by atoms with Crippen molar-refractivity contribution in [3.05, 3.63) is 28.3 Å². The van der Waals surface area contributed by atoms with E-state index in [0.717, 1.165) is 48.1 Å². The number of hydrogen-bond donors (Lipinski definition) is 1. The molecule has 0 saturated heterocycles. The zero-order valence-electron chi connectivity index (χ0n) is 12.8. The van der Waals surface area contributed by atoms with Crippen LogP contribution in [0.2, 0.25) is 5.02 Å². The van der Waals surface area contributed by atoms with Gasteiger partial charge in [0.2, 0.25) is 0 Å². The minimum atomic E-state index is -0.269. The van der Waals surface area contributed by atoms with Gasteiger partial charge in [-0.2, -0.15) is 0 Å². The van der Waals surface area contributed by atoms with Crippen molar-refractivity contribution >= 4 is 11.6 Å². The Balaban J connectivity index is 1.67. The van der Waals surface area contributed by atoms with Crippen LogP contribution in [-0.4, -0.2) is 17.8 Å². The Hall–Kier alpha value is -0.730. The van der Waals surface area contributed by atoms with Crippen LogP contribution >= 0.6 is 11.6 Å². The van der Waals surface area contributed by atoms with Gasteiger partial charge in [0.15, 0.2) is 0 Å². The van der Waals surface area contributed by atoms with Crippen molar-refractivity contribution in [3.63, 3.8) is 0 Å². The largest absolute Gasteiger partial charge is 0.493 e. The van der Waals surface area contributed by atoms with Crippen LogP contribution in [0.1, 0.15) is 50.2 Å². The SMILES string of the molecule is CCC1CCC(C(O)Cc2cc(Cl)cc3c2OCC3)CC1. The molecule has 0 radical (unpaired) electrons. The highest BCUT2D eigenvalue weighted by Gasteiger charge is 2.27. The van der Waals surface area contributed by atoms with Gasteiger partial charge in [-0.05, 0) is 47.9 Å². The Bertz CT molecular complexity index is 492. The molecule has 1 saturated carbocycles. The van der Waals surface area contributed by atoms with Crippen LogP contribution in [0, 0.1) is 11.8 Å². The Morgan fingerprint density at radius 2 is 2.05 bits per heavy atom. The van der Waals surface area contributed by atoms with Gasteiger partial charge in [0.25, 0.3) is 0 Å². The molecule has 0 bridgehead atoms. The smallest absolute Gasteiger partial charge is 0.126 e. The summed E-state index contributed by atoms with van der Waals surface area (Å²) in [6, 6.07) is 3.96. The number of fused-ring (bicyclic) bond motifs is 1. The highest BCUT2D eigenvalue weighted by molar-refractivity contribution is 6.30. The minimum Gasteiger partial charge on any atom is -0.493 e. The van der Waals surface area contributed by atoms with E-state index in [1.807, 2.05) is 12.1 Å². The Kier molecular flexibility index (Phi) is 4.75. The molecule has 3 rings (SSSR count). The van der Waals surface area contributed by atoms with E-state index < -0.39 is 0 Å². The molecular formula is C18H25ClO2. The van der Waals surface area contributed by atoms with E-state index in [1.54, 1.807) is 0 Å². The maximum Gasteiger partial charge on any atom is 0.126 e. The average molecular weight is 309 g/mol. The molecule has 1 aromatic rings. The molecule has 2 nitrogen and oxygen atoms in total. The molecule has 2 aliphatic rings. The van der Waals surface area contributed by atoms with E-state index in [-0.39, 0.29) is 6.10 Å². The summed E-state index contributed by atoms with van der Waals surface area (Å²) in [5.41, 5.74) is 2.28. The van der Waals surface area contributed by atoms with Crippen molar-refractivity contribution in [2.75, 3.05) is 6.61 Å². The highest BCUT2D eigenvalue weighted by atomic mass is 35.5. The number of halogens is 1. The van der Waals surface area contributed by atoms with Crippen molar-refractivity contribution < 1.29 is 9.84 Å². The van der Waals surface area contributed by atoms with E-state index in [4.69, 9.17) is 16.3 Å². The predicted octanol–water partition coefficient (Wildman–Crippen LogP) is 4.39. The lowest BCUT2D eigenvalue weighted by Crippen LogP contribution is -2.27. The number of rotatable bonds is 4. The van der Waals surface area contributed by atoms with E-state index >= 15 is 0 Å². The Labute approximate surface area is 132 Å². The third kappa shape index (κ3) is 3.37. The van der Waals surface area contributed by atoms with Crippen molar-refractivity contribution in [2.45, 2.75) is 58.0 Å². The minimum absolute atomic E-state index is 0.269. The average Bonchev–Trinajstić information content (AvgIpc) is 2.95. The molecule has 1 unspecified atom stereocenters. The van der Waals surface area contributed by atoms with Gasteiger partial charge in [-0.25, -0.2) is 0 Å². The second kappa shape index (κ2) is 6.58. The fourth-order valence-electron chi connectivity index (χ4n) is 3.87. The van der Waals surface area contributed by atoms with Crippen molar-refractivity contribution in [3.8, 4) is 5.75 Å². The third-order valence-electron chi connectivity index (χ3n) is 5.27. The fraction of sp³-hybridized carbons (Fsp3) is 0.667. The first-order valence-electron chi connectivity index (χ1n) is 8.29. The van der Waals surface area contributed by atoms with Gasteiger partial charge >= 0.3 is 0 Å². The molecule has 3 heteroatoms. The number of ether oxygens (including phenoxy) is 1. The van der Waals surface area contributed by atoms with Gasteiger partial charge in [-0.3, -0.25) is 0 Å². The summed E-state index contributed by atoms with van der Waals surface area (Å²) in [7, 11) is 0. The molecule has 1 aromatic carbocycles. The van der Waals surface area contributed by atoms with E-state index in [2.05, 4.69) is 6.92 Å². The van der Waals surface area contributed by atoms with Gasteiger partial charge in [0.05, 0.1) is 12.7 Å². The lowest BCUT2D eigenvalue weighted by molar-refractivity contribution is 0.0730. The van der Waals surface area contributed by atoms with E-state index in [1.165, 1.54) is 24.8 Å². The van der Waals surface area contributed by atoms with Gasteiger partial charge in [-0.1, -0.05) is 37.8 Å².